The molecule has 0 N–H and O–H groups in total. The second-order valence-electron chi connectivity index (χ2n) is 5.31. The third kappa shape index (κ3) is 3.17. The molecular weight excluding hydrogens is 250 g/mol. The minimum absolute atomic E-state index is 0.916. The number of hydrogen-bond donors (Lipinski definition) is 0. The van der Waals surface area contributed by atoms with E-state index in [9.17, 15) is 0 Å². The summed E-state index contributed by atoms with van der Waals surface area (Å²) in [5.74, 6) is 0.924. The molecule has 0 saturated carbocycles. The van der Waals surface area contributed by atoms with Crippen LogP contribution < -0.4 is 5.01 Å². The van der Waals surface area contributed by atoms with Crippen LogP contribution in [0.5, 0.6) is 0 Å². The molecule has 2 heterocycles. The number of amidine groups is 1. The van der Waals surface area contributed by atoms with Gasteiger partial charge < -0.3 is 9.80 Å². The number of rotatable bonds is 2. The van der Waals surface area contributed by atoms with Gasteiger partial charge in [-0.3, -0.25) is 5.01 Å². The Bertz CT molecular complexity index is 488. The number of nitrogens with zero attached hydrogens (tertiary/aromatic N) is 5. The van der Waals surface area contributed by atoms with Crippen LogP contribution in [0.2, 0.25) is 0 Å². The highest BCUT2D eigenvalue weighted by atomic mass is 15.5. The summed E-state index contributed by atoms with van der Waals surface area (Å²) in [6.07, 6.45) is 2.87. The molecule has 0 radical (unpaired) electrons. The van der Waals surface area contributed by atoms with Crippen molar-refractivity contribution in [2.45, 2.75) is 6.42 Å². The first kappa shape index (κ1) is 13.1. The van der Waals surface area contributed by atoms with Crippen molar-refractivity contribution in [3.8, 4) is 0 Å². The Morgan fingerprint density at radius 3 is 2.55 bits per heavy atom. The van der Waals surface area contributed by atoms with Crippen molar-refractivity contribution in [1.29, 1.82) is 0 Å². The molecular formula is C15H21N5. The fourth-order valence-corrected chi connectivity index (χ4v) is 2.41. The predicted octanol–water partition coefficient (Wildman–Crippen LogP) is 1.49. The number of piperazine rings is 1. The summed E-state index contributed by atoms with van der Waals surface area (Å²) in [7, 11) is 2.16. The zero-order valence-corrected chi connectivity index (χ0v) is 11.9. The maximum atomic E-state index is 4.57. The van der Waals surface area contributed by atoms with Gasteiger partial charge in [0.25, 0.3) is 0 Å². The first-order valence-electron chi connectivity index (χ1n) is 7.18. The molecule has 5 nitrogen and oxygen atoms in total. The van der Waals surface area contributed by atoms with Gasteiger partial charge in [-0.25, -0.2) is 4.99 Å². The number of para-hydroxylation sites is 1. The summed E-state index contributed by atoms with van der Waals surface area (Å²) in [5.41, 5.74) is 1.14. The summed E-state index contributed by atoms with van der Waals surface area (Å²) in [5, 5.41) is 6.60. The van der Waals surface area contributed by atoms with E-state index < -0.39 is 0 Å². The van der Waals surface area contributed by atoms with Crippen LogP contribution in [0.1, 0.15) is 6.42 Å². The second kappa shape index (κ2) is 6.05. The van der Waals surface area contributed by atoms with E-state index >= 15 is 0 Å². The number of hydrazone groups is 1. The van der Waals surface area contributed by atoms with Crippen molar-refractivity contribution in [1.82, 2.24) is 9.80 Å². The van der Waals surface area contributed by atoms with Crippen LogP contribution in [0, 0.1) is 0 Å². The minimum atomic E-state index is 0.916. The molecule has 0 amide bonds. The molecule has 2 aliphatic heterocycles. The van der Waals surface area contributed by atoms with Gasteiger partial charge in [-0.1, -0.05) is 18.2 Å². The second-order valence-corrected chi connectivity index (χ2v) is 5.31. The number of benzene rings is 1. The third-order valence-corrected chi connectivity index (χ3v) is 3.75. The Balaban J connectivity index is 1.59. The van der Waals surface area contributed by atoms with Crippen molar-refractivity contribution < 1.29 is 0 Å². The van der Waals surface area contributed by atoms with Crippen LogP contribution in [-0.4, -0.2) is 61.7 Å². The summed E-state index contributed by atoms with van der Waals surface area (Å²) in [4.78, 5) is 9.15. The van der Waals surface area contributed by atoms with Crippen LogP contribution in [0.25, 0.3) is 0 Å². The number of hydrogen-bond acceptors (Lipinski definition) is 4. The lowest BCUT2D eigenvalue weighted by Gasteiger charge is -2.30. The van der Waals surface area contributed by atoms with Crippen LogP contribution in [0.15, 0.2) is 40.4 Å². The molecule has 0 aliphatic carbocycles. The lowest BCUT2D eigenvalue weighted by Crippen LogP contribution is -2.43. The van der Waals surface area contributed by atoms with Crippen molar-refractivity contribution in [3.05, 3.63) is 30.3 Å². The Morgan fingerprint density at radius 2 is 1.80 bits per heavy atom. The van der Waals surface area contributed by atoms with Gasteiger partial charge in [0.1, 0.15) is 0 Å². The average Bonchev–Trinajstić information content (AvgIpc) is 2.97. The Kier molecular flexibility index (Phi) is 3.97. The zero-order chi connectivity index (χ0) is 13.8. The predicted molar refractivity (Wildman–Crippen MR) is 83.4 cm³/mol. The quantitative estimate of drug-likeness (QED) is 0.604. The molecule has 5 heteroatoms. The van der Waals surface area contributed by atoms with Crippen LogP contribution in [0.4, 0.5) is 5.69 Å². The molecule has 2 aliphatic rings. The number of likely N-dealkylation sites (N-methyl/N-ethyl adjacent to an activating group) is 1. The van der Waals surface area contributed by atoms with Crippen molar-refractivity contribution in [3.63, 3.8) is 0 Å². The van der Waals surface area contributed by atoms with Crippen molar-refractivity contribution in [2.75, 3.05) is 44.8 Å². The maximum Gasteiger partial charge on any atom is 0.152 e. The lowest BCUT2D eigenvalue weighted by atomic mass is 10.3. The fourth-order valence-electron chi connectivity index (χ4n) is 2.41. The van der Waals surface area contributed by atoms with E-state index in [-0.39, 0.29) is 0 Å². The van der Waals surface area contributed by atoms with Gasteiger partial charge in [0.05, 0.1) is 12.0 Å². The van der Waals surface area contributed by atoms with Gasteiger partial charge in [-0.2, -0.15) is 5.10 Å². The van der Waals surface area contributed by atoms with Crippen molar-refractivity contribution >= 4 is 17.9 Å². The zero-order valence-electron chi connectivity index (χ0n) is 11.9. The molecule has 0 aromatic heterocycles. The smallest absolute Gasteiger partial charge is 0.152 e. The Morgan fingerprint density at radius 1 is 1.05 bits per heavy atom. The topological polar surface area (TPSA) is 34.4 Å². The summed E-state index contributed by atoms with van der Waals surface area (Å²) in [6.45, 7) is 5.23. The normalized spacial score (nSPS) is 20.8. The van der Waals surface area contributed by atoms with E-state index in [0.717, 1.165) is 50.7 Å². The molecule has 1 saturated heterocycles. The van der Waals surface area contributed by atoms with E-state index in [1.807, 2.05) is 29.5 Å². The Hall–Kier alpha value is -1.88. The lowest BCUT2D eigenvalue weighted by molar-refractivity contribution is 0.219. The van der Waals surface area contributed by atoms with Gasteiger partial charge in [-0.05, 0) is 19.2 Å². The first-order valence-corrected chi connectivity index (χ1v) is 7.18. The van der Waals surface area contributed by atoms with Gasteiger partial charge in [-0.15, -0.1) is 0 Å². The van der Waals surface area contributed by atoms with Crippen molar-refractivity contribution in [2.24, 2.45) is 10.1 Å². The molecule has 1 aromatic carbocycles. The van der Waals surface area contributed by atoms with Crippen LogP contribution >= 0.6 is 0 Å². The average molecular weight is 271 g/mol. The summed E-state index contributed by atoms with van der Waals surface area (Å²) >= 11 is 0. The maximum absolute atomic E-state index is 4.57. The number of aliphatic imine (C=N–C) groups is 1. The SMILES string of the molecule is CN1CCN(C=NC2=NN(c3ccccc3)CC2)CC1. The highest BCUT2D eigenvalue weighted by Gasteiger charge is 2.15. The van der Waals surface area contributed by atoms with Crippen LogP contribution in [-0.2, 0) is 0 Å². The first-order chi connectivity index (χ1) is 9.81. The monoisotopic (exact) mass is 271 g/mol. The van der Waals surface area contributed by atoms with E-state index in [0.29, 0.717) is 0 Å². The number of anilines is 1. The molecule has 0 unspecified atom stereocenters. The molecule has 0 spiro atoms. The standard InChI is InChI=1S/C15H21N5/c1-18-9-11-19(12-10-18)13-16-15-7-8-20(17-15)14-5-3-2-4-6-14/h2-6,13H,7-12H2,1H3. The van der Waals surface area contributed by atoms with Gasteiger partial charge in [0.15, 0.2) is 5.84 Å². The highest BCUT2D eigenvalue weighted by molar-refractivity contribution is 5.91. The Labute approximate surface area is 120 Å². The van der Waals surface area contributed by atoms with Gasteiger partial charge in [0.2, 0.25) is 0 Å². The summed E-state index contributed by atoms with van der Waals surface area (Å²) in [6, 6.07) is 10.3. The molecule has 0 bridgehead atoms. The largest absolute Gasteiger partial charge is 0.360 e. The molecule has 0 atom stereocenters. The molecule has 106 valence electrons. The van der Waals surface area contributed by atoms with E-state index in [1.165, 1.54) is 0 Å². The van der Waals surface area contributed by atoms with Gasteiger partial charge in [0, 0.05) is 39.1 Å². The molecule has 1 aromatic rings. The highest BCUT2D eigenvalue weighted by Crippen LogP contribution is 2.18. The summed E-state index contributed by atoms with van der Waals surface area (Å²) < 4.78 is 0. The van der Waals surface area contributed by atoms with Gasteiger partial charge >= 0.3 is 0 Å². The third-order valence-electron chi connectivity index (χ3n) is 3.75. The fraction of sp³-hybridized carbons (Fsp3) is 0.467. The molecule has 3 rings (SSSR count). The van der Waals surface area contributed by atoms with Crippen LogP contribution in [0.3, 0.4) is 0 Å². The minimum Gasteiger partial charge on any atom is -0.360 e. The molecule has 20 heavy (non-hydrogen) atoms. The molecule has 1 fully saturated rings. The van der Waals surface area contributed by atoms with E-state index in [4.69, 9.17) is 0 Å². The van der Waals surface area contributed by atoms with E-state index in [1.54, 1.807) is 0 Å². The van der Waals surface area contributed by atoms with E-state index in [2.05, 4.69) is 39.1 Å².